The number of esters is 1. The summed E-state index contributed by atoms with van der Waals surface area (Å²) in [5.41, 5.74) is 0.776. The van der Waals surface area contributed by atoms with Crippen molar-refractivity contribution >= 4 is 29.0 Å². The number of carbonyl (C=O) groups excluding carboxylic acids is 3. The minimum Gasteiger partial charge on any atom is -0.456 e. The Kier molecular flexibility index (Phi) is 7.23. The maximum atomic E-state index is 11.8. The van der Waals surface area contributed by atoms with Crippen molar-refractivity contribution in [1.29, 1.82) is 0 Å². The molecule has 0 spiro atoms. The number of ether oxygens (including phenoxy) is 1. The van der Waals surface area contributed by atoms with E-state index in [1.54, 1.807) is 12.1 Å². The molecule has 3 rings (SSSR count). The van der Waals surface area contributed by atoms with E-state index in [4.69, 9.17) is 9.15 Å². The Morgan fingerprint density at radius 3 is 2.59 bits per heavy atom. The van der Waals surface area contributed by atoms with Gasteiger partial charge in [-0.05, 0) is 23.6 Å². The number of ketones is 1. The van der Waals surface area contributed by atoms with Gasteiger partial charge < -0.3 is 14.5 Å². The molecule has 150 valence electrons. The van der Waals surface area contributed by atoms with Crippen LogP contribution in [0.25, 0.3) is 11.5 Å². The molecule has 29 heavy (non-hydrogen) atoms. The second-order valence-electron chi connectivity index (χ2n) is 6.03. The predicted molar refractivity (Wildman–Crippen MR) is 105 cm³/mol. The Bertz CT molecular complexity index is 954. The molecular formula is C20H19N3O5S. The van der Waals surface area contributed by atoms with Crippen LogP contribution >= 0.6 is 11.3 Å². The van der Waals surface area contributed by atoms with Crippen molar-refractivity contribution in [3.8, 4) is 11.5 Å². The minimum atomic E-state index is -0.501. The van der Waals surface area contributed by atoms with Crippen molar-refractivity contribution in [2.24, 2.45) is 0 Å². The van der Waals surface area contributed by atoms with Crippen LogP contribution in [0.5, 0.6) is 0 Å². The summed E-state index contributed by atoms with van der Waals surface area (Å²) in [6, 6.07) is 12.8. The van der Waals surface area contributed by atoms with Crippen molar-refractivity contribution in [2.45, 2.75) is 25.9 Å². The molecule has 0 aliphatic rings. The number of hydrogen-bond acceptors (Lipinski definition) is 8. The molecule has 0 atom stereocenters. The van der Waals surface area contributed by atoms with Gasteiger partial charge in [0.2, 0.25) is 11.8 Å². The number of thiophene rings is 1. The van der Waals surface area contributed by atoms with Crippen molar-refractivity contribution in [3.05, 3.63) is 58.6 Å². The number of rotatable bonds is 10. The van der Waals surface area contributed by atoms with Gasteiger partial charge in [0, 0.05) is 24.9 Å². The number of benzene rings is 1. The maximum absolute atomic E-state index is 11.8. The molecule has 0 bridgehead atoms. The summed E-state index contributed by atoms with van der Waals surface area (Å²) in [7, 11) is 0. The van der Waals surface area contributed by atoms with Crippen LogP contribution in [0, 0.1) is 0 Å². The van der Waals surface area contributed by atoms with Gasteiger partial charge in [-0.15, -0.1) is 21.5 Å². The van der Waals surface area contributed by atoms with Crippen LogP contribution in [0.2, 0.25) is 0 Å². The summed E-state index contributed by atoms with van der Waals surface area (Å²) >= 11 is 1.35. The number of Topliss-reactive ketones (excluding diaryl/α,β-unsaturated/α-hetero) is 1. The number of nitrogens with one attached hydrogen (secondary N) is 1. The zero-order valence-electron chi connectivity index (χ0n) is 15.5. The minimum absolute atomic E-state index is 0.00426. The van der Waals surface area contributed by atoms with Gasteiger partial charge in [0.25, 0.3) is 5.89 Å². The van der Waals surface area contributed by atoms with Gasteiger partial charge in [0.1, 0.15) is 0 Å². The van der Waals surface area contributed by atoms with Crippen LogP contribution in [0.1, 0.15) is 34.8 Å². The van der Waals surface area contributed by atoms with Crippen LogP contribution in [0.3, 0.4) is 0 Å². The molecule has 0 radical (unpaired) electrons. The largest absolute Gasteiger partial charge is 0.456 e. The van der Waals surface area contributed by atoms with E-state index in [0.29, 0.717) is 10.8 Å². The first-order valence-corrected chi connectivity index (χ1v) is 9.86. The van der Waals surface area contributed by atoms with Crippen molar-refractivity contribution in [1.82, 2.24) is 15.5 Å². The Hall–Kier alpha value is -3.33. The highest BCUT2D eigenvalue weighted by Gasteiger charge is 2.12. The summed E-state index contributed by atoms with van der Waals surface area (Å²) < 4.78 is 10.5. The molecule has 0 aliphatic carbocycles. The highest BCUT2D eigenvalue weighted by molar-refractivity contribution is 7.12. The normalized spacial score (nSPS) is 10.5. The van der Waals surface area contributed by atoms with Crippen LogP contribution in [0.15, 0.2) is 52.3 Å². The second-order valence-corrected chi connectivity index (χ2v) is 6.98. The third-order valence-electron chi connectivity index (χ3n) is 3.87. The molecule has 2 heterocycles. The molecule has 1 amide bonds. The van der Waals surface area contributed by atoms with E-state index < -0.39 is 5.97 Å². The van der Waals surface area contributed by atoms with Gasteiger partial charge in [0.05, 0.1) is 11.3 Å². The molecular weight excluding hydrogens is 394 g/mol. The zero-order valence-corrected chi connectivity index (χ0v) is 16.3. The fourth-order valence-electron chi connectivity index (χ4n) is 2.40. The number of nitrogens with zero attached hydrogens (tertiary/aromatic N) is 2. The monoisotopic (exact) mass is 413 g/mol. The molecule has 8 nitrogen and oxygen atoms in total. The fourth-order valence-corrected chi connectivity index (χ4v) is 3.10. The Morgan fingerprint density at radius 2 is 1.83 bits per heavy atom. The van der Waals surface area contributed by atoms with E-state index in [-0.39, 0.29) is 50.0 Å². The van der Waals surface area contributed by atoms with Crippen LogP contribution in [0.4, 0.5) is 0 Å². The Morgan fingerprint density at radius 1 is 1.00 bits per heavy atom. The molecule has 0 aliphatic heterocycles. The molecule has 3 aromatic rings. The van der Waals surface area contributed by atoms with E-state index in [0.717, 1.165) is 5.56 Å². The van der Waals surface area contributed by atoms with E-state index >= 15 is 0 Å². The van der Waals surface area contributed by atoms with E-state index in [2.05, 4.69) is 15.5 Å². The van der Waals surface area contributed by atoms with Crippen LogP contribution in [-0.2, 0) is 20.9 Å². The summed E-state index contributed by atoms with van der Waals surface area (Å²) in [6.07, 6.45) is 0.220. The van der Waals surface area contributed by atoms with Crippen LogP contribution in [-0.4, -0.2) is 34.4 Å². The first-order valence-electron chi connectivity index (χ1n) is 8.98. The lowest BCUT2D eigenvalue weighted by atomic mass is 10.2. The fraction of sp³-hybridized carbons (Fsp3) is 0.250. The highest BCUT2D eigenvalue weighted by atomic mass is 32.1. The molecule has 0 saturated heterocycles. The summed E-state index contributed by atoms with van der Waals surface area (Å²) in [5.74, 6) is -0.315. The standard InChI is InChI=1S/C20H19N3O5S/c24-15(16-7-4-12-29-16)8-9-17(25)21-11-10-19(26)27-13-18-22-23-20(28-18)14-5-2-1-3-6-14/h1-7,12H,8-11,13H2,(H,21,25). The predicted octanol–water partition coefficient (Wildman–Crippen LogP) is 3.01. The Balaban J connectivity index is 1.31. The lowest BCUT2D eigenvalue weighted by molar-refractivity contribution is -0.145. The summed E-state index contributed by atoms with van der Waals surface area (Å²) in [4.78, 5) is 36.0. The van der Waals surface area contributed by atoms with Gasteiger partial charge in [-0.3, -0.25) is 14.4 Å². The van der Waals surface area contributed by atoms with Gasteiger partial charge in [-0.2, -0.15) is 0 Å². The second kappa shape index (κ2) is 10.3. The smallest absolute Gasteiger partial charge is 0.308 e. The summed E-state index contributed by atoms with van der Waals surface area (Å²) in [5, 5.41) is 12.2. The molecule has 1 aromatic carbocycles. The van der Waals surface area contributed by atoms with E-state index in [9.17, 15) is 14.4 Å². The van der Waals surface area contributed by atoms with Gasteiger partial charge in [-0.25, -0.2) is 0 Å². The molecule has 9 heteroatoms. The average Bonchev–Trinajstić information content (AvgIpc) is 3.43. The third kappa shape index (κ3) is 6.35. The van der Waals surface area contributed by atoms with Gasteiger partial charge >= 0.3 is 5.97 Å². The van der Waals surface area contributed by atoms with Crippen LogP contribution < -0.4 is 5.32 Å². The molecule has 0 fully saturated rings. The average molecular weight is 413 g/mol. The number of aromatic nitrogens is 2. The molecule has 2 aromatic heterocycles. The molecule has 0 saturated carbocycles. The van der Waals surface area contributed by atoms with Crippen molar-refractivity contribution < 1.29 is 23.5 Å². The highest BCUT2D eigenvalue weighted by Crippen LogP contribution is 2.17. The van der Waals surface area contributed by atoms with E-state index in [1.807, 2.05) is 35.7 Å². The lowest BCUT2D eigenvalue weighted by Gasteiger charge is -2.05. The first-order chi connectivity index (χ1) is 14.1. The SMILES string of the molecule is O=C(CCC(=O)c1cccs1)NCCC(=O)OCc1nnc(-c2ccccc2)o1. The quantitative estimate of drug-likeness (QED) is 0.402. The van der Waals surface area contributed by atoms with Gasteiger partial charge in [-0.1, -0.05) is 24.3 Å². The van der Waals surface area contributed by atoms with Crippen molar-refractivity contribution in [3.63, 3.8) is 0 Å². The lowest BCUT2D eigenvalue weighted by Crippen LogP contribution is -2.26. The maximum Gasteiger partial charge on any atom is 0.308 e. The molecule has 1 N–H and O–H groups in total. The summed E-state index contributed by atoms with van der Waals surface area (Å²) in [6.45, 7) is -0.00805. The Labute approximate surface area is 170 Å². The number of hydrogen-bond donors (Lipinski definition) is 1. The number of carbonyl (C=O) groups is 3. The zero-order chi connectivity index (χ0) is 20.5. The number of amides is 1. The topological polar surface area (TPSA) is 111 Å². The third-order valence-corrected chi connectivity index (χ3v) is 4.78. The molecule has 0 unspecified atom stereocenters. The van der Waals surface area contributed by atoms with Crippen molar-refractivity contribution in [2.75, 3.05) is 6.54 Å². The first kappa shape index (κ1) is 20.4. The van der Waals surface area contributed by atoms with Gasteiger partial charge in [0.15, 0.2) is 12.4 Å². The van der Waals surface area contributed by atoms with E-state index in [1.165, 1.54) is 11.3 Å².